The molecule has 1 unspecified atom stereocenters. The Hall–Kier alpha value is -7.05. The molecule has 0 aliphatic heterocycles. The molecule has 4 amide bonds. The molecule has 1 aliphatic rings. The lowest BCUT2D eigenvalue weighted by Crippen LogP contribution is -2.55. The molecule has 0 spiro atoms. The zero-order valence-corrected chi connectivity index (χ0v) is 33.3. The molecule has 4 aromatic carbocycles. The molecule has 14 nitrogen and oxygen atoms in total. The van der Waals surface area contributed by atoms with Crippen LogP contribution in [0.2, 0.25) is 0 Å². The third-order valence-corrected chi connectivity index (χ3v) is 9.72. The molecule has 1 aliphatic carbocycles. The van der Waals surface area contributed by atoms with Gasteiger partial charge in [-0.15, -0.1) is 0 Å². The highest BCUT2D eigenvalue weighted by molar-refractivity contribution is 5.99. The van der Waals surface area contributed by atoms with Crippen LogP contribution in [-0.4, -0.2) is 66.1 Å². The minimum absolute atomic E-state index is 0.00721. The van der Waals surface area contributed by atoms with Crippen LogP contribution in [0.25, 0.3) is 11.1 Å². The molecule has 0 heterocycles. The number of anilines is 1. The largest absolute Gasteiger partial charge is 0.481 e. The van der Waals surface area contributed by atoms with Crippen LogP contribution in [0.5, 0.6) is 5.75 Å². The minimum Gasteiger partial charge on any atom is -0.481 e. The van der Waals surface area contributed by atoms with Crippen LogP contribution in [0.4, 0.5) is 32.4 Å². The fourth-order valence-corrected chi connectivity index (χ4v) is 6.67. The number of hydrogen-bond acceptors (Lipinski definition) is 9. The second kappa shape index (κ2) is 20.5. The van der Waals surface area contributed by atoms with Crippen molar-refractivity contribution >= 4 is 41.9 Å². The average Bonchev–Trinajstić information content (AvgIpc) is 3.57. The Morgan fingerprint density at radius 3 is 1.82 bits per heavy atom. The first-order valence-electron chi connectivity index (χ1n) is 19.1. The highest BCUT2D eigenvalue weighted by Gasteiger charge is 2.33. The lowest BCUT2D eigenvalue weighted by Gasteiger charge is -2.24. The molecular formula is C43H41F5N4O10. The maximum atomic E-state index is 14.2. The number of halogens is 5. The van der Waals surface area contributed by atoms with E-state index >= 15 is 0 Å². The second-order valence-electron chi connectivity index (χ2n) is 14.6. The van der Waals surface area contributed by atoms with Gasteiger partial charge in [0.25, 0.3) is 12.8 Å². The zero-order chi connectivity index (χ0) is 45.2. The van der Waals surface area contributed by atoms with E-state index in [0.29, 0.717) is 0 Å². The zero-order valence-electron chi connectivity index (χ0n) is 33.3. The number of benzene rings is 4. The number of aliphatic carboxylic acids is 1. The van der Waals surface area contributed by atoms with Crippen LogP contribution in [0.15, 0.2) is 72.8 Å². The number of fused-ring (bicyclic) bond motifs is 3. The van der Waals surface area contributed by atoms with Crippen molar-refractivity contribution in [3.63, 3.8) is 0 Å². The standard InChI is InChI=1S/C43H41F5N4O10/c1-21(2)18-31(52-43(59)60-19-29-27-10-6-4-8-25(27)26-9-5-7-11-28(26)29)41(58)49-22(3)39(56)51-30(16-17-32(54)55)40(57)50-24-14-12-23(13-15-24)42(61-20-53)62-38-36(47)34(45)33(44)35(46)37(38)48/h4-15,20-22,29-31,42H,16-19H2,1-3H3,(H,49,58)(H,50,57)(H,51,56)(H,52,59)(H,54,55)/t22-,30-,31+,42?/m0/s1. The molecule has 328 valence electrons. The number of carbonyl (C=O) groups is 6. The van der Waals surface area contributed by atoms with E-state index in [4.69, 9.17) is 9.47 Å². The fourth-order valence-electron chi connectivity index (χ4n) is 6.67. The minimum atomic E-state index is -2.44. The number of carboxylic acid groups (broad SMARTS) is 1. The summed E-state index contributed by atoms with van der Waals surface area (Å²) in [6, 6.07) is 16.1. The summed E-state index contributed by atoms with van der Waals surface area (Å²) in [5.41, 5.74) is 3.85. The normalized spacial score (nSPS) is 13.7. The lowest BCUT2D eigenvalue weighted by atomic mass is 9.98. The highest BCUT2D eigenvalue weighted by atomic mass is 19.2. The summed E-state index contributed by atoms with van der Waals surface area (Å²) < 4.78 is 84.5. The summed E-state index contributed by atoms with van der Waals surface area (Å²) in [5, 5.41) is 19.2. The molecule has 5 rings (SSSR count). The SMILES string of the molecule is CC(C)C[C@@H](NC(=O)OCC1c2ccccc2-c2ccccc21)C(=O)N[C@@H](C)C(=O)N[C@@H](CCC(=O)O)C(=O)Nc1ccc(C(OC=O)Oc2c(F)c(F)c(F)c(F)c2F)cc1. The van der Waals surface area contributed by atoms with Gasteiger partial charge < -0.3 is 40.6 Å². The van der Waals surface area contributed by atoms with Crippen molar-refractivity contribution in [3.8, 4) is 16.9 Å². The Morgan fingerprint density at radius 2 is 1.27 bits per heavy atom. The van der Waals surface area contributed by atoms with Gasteiger partial charge in [0.05, 0.1) is 0 Å². The molecular weight excluding hydrogens is 827 g/mol. The summed E-state index contributed by atoms with van der Waals surface area (Å²) in [7, 11) is 0. The summed E-state index contributed by atoms with van der Waals surface area (Å²) in [6.45, 7) is 4.73. The van der Waals surface area contributed by atoms with Gasteiger partial charge in [-0.3, -0.25) is 24.0 Å². The first-order valence-corrected chi connectivity index (χ1v) is 19.1. The van der Waals surface area contributed by atoms with Crippen LogP contribution in [0.3, 0.4) is 0 Å². The van der Waals surface area contributed by atoms with E-state index in [1.165, 1.54) is 6.92 Å². The van der Waals surface area contributed by atoms with Crippen LogP contribution < -0.4 is 26.0 Å². The summed E-state index contributed by atoms with van der Waals surface area (Å²) in [6.07, 6.45) is -3.70. The Morgan fingerprint density at radius 1 is 0.710 bits per heavy atom. The van der Waals surface area contributed by atoms with E-state index in [1.807, 2.05) is 62.4 Å². The van der Waals surface area contributed by atoms with Crippen molar-refractivity contribution in [3.05, 3.63) is 119 Å². The number of amides is 4. The summed E-state index contributed by atoms with van der Waals surface area (Å²) in [4.78, 5) is 75.7. The number of carboxylic acids is 1. The van der Waals surface area contributed by atoms with E-state index in [1.54, 1.807) is 0 Å². The van der Waals surface area contributed by atoms with E-state index in [-0.39, 0.29) is 42.6 Å². The highest BCUT2D eigenvalue weighted by Crippen LogP contribution is 2.44. The average molecular weight is 869 g/mol. The van der Waals surface area contributed by atoms with E-state index in [9.17, 15) is 55.8 Å². The number of ether oxygens (including phenoxy) is 3. The molecule has 0 aromatic heterocycles. The maximum absolute atomic E-state index is 14.2. The van der Waals surface area contributed by atoms with Gasteiger partial charge in [0, 0.05) is 23.6 Å². The Balaban J connectivity index is 1.20. The van der Waals surface area contributed by atoms with E-state index in [0.717, 1.165) is 46.5 Å². The smallest absolute Gasteiger partial charge is 0.407 e. The van der Waals surface area contributed by atoms with E-state index < -0.39 is 102 Å². The Labute approximate surface area is 351 Å². The first kappa shape index (κ1) is 46.0. The second-order valence-corrected chi connectivity index (χ2v) is 14.6. The molecule has 0 saturated carbocycles. The number of hydrogen-bond donors (Lipinski definition) is 5. The van der Waals surface area contributed by atoms with Gasteiger partial charge in [-0.1, -0.05) is 62.4 Å². The molecule has 5 N–H and O–H groups in total. The van der Waals surface area contributed by atoms with Gasteiger partial charge in [0.2, 0.25) is 52.6 Å². The molecule has 62 heavy (non-hydrogen) atoms. The summed E-state index contributed by atoms with van der Waals surface area (Å²) >= 11 is 0. The maximum Gasteiger partial charge on any atom is 0.407 e. The Bertz CT molecular complexity index is 2260. The van der Waals surface area contributed by atoms with Gasteiger partial charge in [0.1, 0.15) is 24.7 Å². The first-order chi connectivity index (χ1) is 29.5. The van der Waals surface area contributed by atoms with Crippen LogP contribution in [0.1, 0.15) is 68.9 Å². The third-order valence-electron chi connectivity index (χ3n) is 9.72. The van der Waals surface area contributed by atoms with Gasteiger partial charge >= 0.3 is 12.1 Å². The number of alkyl carbamates (subject to hydrolysis) is 1. The van der Waals surface area contributed by atoms with Crippen molar-refractivity contribution in [2.24, 2.45) is 5.92 Å². The fraction of sp³-hybridized carbons (Fsp3) is 0.302. The predicted molar refractivity (Wildman–Crippen MR) is 210 cm³/mol. The van der Waals surface area contributed by atoms with Crippen molar-refractivity contribution in [2.75, 3.05) is 11.9 Å². The molecule has 4 aromatic rings. The van der Waals surface area contributed by atoms with Crippen molar-refractivity contribution < 1.29 is 70.0 Å². The van der Waals surface area contributed by atoms with Gasteiger partial charge in [0.15, 0.2) is 0 Å². The van der Waals surface area contributed by atoms with Crippen molar-refractivity contribution in [1.29, 1.82) is 0 Å². The molecule has 4 atom stereocenters. The third kappa shape index (κ3) is 11.0. The van der Waals surface area contributed by atoms with Gasteiger partial charge in [-0.2, -0.15) is 8.78 Å². The monoisotopic (exact) mass is 868 g/mol. The van der Waals surface area contributed by atoms with Crippen LogP contribution in [-0.2, 0) is 33.4 Å². The van der Waals surface area contributed by atoms with Crippen molar-refractivity contribution in [2.45, 2.75) is 70.4 Å². The predicted octanol–water partition coefficient (Wildman–Crippen LogP) is 6.38. The topological polar surface area (TPSA) is 198 Å². The summed E-state index contributed by atoms with van der Waals surface area (Å²) in [5.74, 6) is -17.6. The lowest BCUT2D eigenvalue weighted by molar-refractivity contribution is -0.149. The molecule has 0 fully saturated rings. The number of rotatable bonds is 19. The van der Waals surface area contributed by atoms with Crippen LogP contribution >= 0.6 is 0 Å². The molecule has 0 saturated heterocycles. The van der Waals surface area contributed by atoms with Crippen molar-refractivity contribution in [1.82, 2.24) is 16.0 Å². The van der Waals surface area contributed by atoms with Crippen LogP contribution in [0, 0.1) is 35.0 Å². The molecule has 19 heteroatoms. The van der Waals surface area contributed by atoms with Gasteiger partial charge in [-0.25, -0.2) is 18.0 Å². The Kier molecular flexibility index (Phi) is 15.2. The quantitative estimate of drug-likeness (QED) is 0.0232. The molecule has 0 bridgehead atoms. The van der Waals surface area contributed by atoms with E-state index in [2.05, 4.69) is 26.0 Å². The number of nitrogens with one attached hydrogen (secondary N) is 4. The molecule has 0 radical (unpaired) electrons. The van der Waals surface area contributed by atoms with Gasteiger partial charge in [-0.05, 0) is 72.2 Å². The number of carbonyl (C=O) groups excluding carboxylic acids is 5.